The Morgan fingerprint density at radius 2 is 2.00 bits per heavy atom. The zero-order valence-corrected chi connectivity index (χ0v) is 14.7. The molecule has 0 aromatic carbocycles. The van der Waals surface area contributed by atoms with E-state index in [4.69, 9.17) is 0 Å². The lowest BCUT2D eigenvalue weighted by Gasteiger charge is -2.38. The summed E-state index contributed by atoms with van der Waals surface area (Å²) in [5.41, 5.74) is 1.36. The Hall–Kier alpha value is -0.920. The highest BCUT2D eigenvalue weighted by molar-refractivity contribution is 7.89. The lowest BCUT2D eigenvalue weighted by atomic mass is 9.93. The van der Waals surface area contributed by atoms with E-state index in [1.807, 2.05) is 20.8 Å². The molecule has 22 heavy (non-hydrogen) atoms. The second kappa shape index (κ2) is 6.68. The highest BCUT2D eigenvalue weighted by Gasteiger charge is 2.39. The number of sulfonamides is 1. The van der Waals surface area contributed by atoms with Crippen LogP contribution in [-0.4, -0.2) is 46.8 Å². The Bertz CT molecular complexity index is 624. The molecule has 1 fully saturated rings. The summed E-state index contributed by atoms with van der Waals surface area (Å²) < 4.78 is 29.6. The molecule has 1 saturated heterocycles. The SMILES string of the molecule is CCc1nn(C)c(CC)c1S(=O)(=O)N1CCC[C@H](C)[C@@H]1CO. The molecule has 0 amide bonds. The van der Waals surface area contributed by atoms with Crippen molar-refractivity contribution in [3.8, 4) is 0 Å². The third-order valence-electron chi connectivity index (χ3n) is 4.67. The number of piperidine rings is 1. The topological polar surface area (TPSA) is 75.4 Å². The van der Waals surface area contributed by atoms with Gasteiger partial charge in [-0.05, 0) is 31.6 Å². The minimum absolute atomic E-state index is 0.135. The maximum Gasteiger partial charge on any atom is 0.247 e. The van der Waals surface area contributed by atoms with Gasteiger partial charge >= 0.3 is 0 Å². The van der Waals surface area contributed by atoms with Crippen LogP contribution in [0.5, 0.6) is 0 Å². The molecule has 126 valence electrons. The highest BCUT2D eigenvalue weighted by Crippen LogP contribution is 2.32. The molecule has 0 radical (unpaired) electrons. The van der Waals surface area contributed by atoms with Crippen LogP contribution < -0.4 is 0 Å². The molecule has 1 aliphatic rings. The van der Waals surface area contributed by atoms with Gasteiger partial charge in [0.2, 0.25) is 10.0 Å². The molecular weight excluding hydrogens is 302 g/mol. The maximum atomic E-state index is 13.2. The predicted molar refractivity (Wildman–Crippen MR) is 85.1 cm³/mol. The van der Waals surface area contributed by atoms with Gasteiger partial charge in [-0.3, -0.25) is 4.68 Å². The molecule has 0 spiro atoms. The normalized spacial score (nSPS) is 23.9. The Kier molecular flexibility index (Phi) is 5.29. The first-order valence-electron chi connectivity index (χ1n) is 8.05. The minimum atomic E-state index is -3.63. The van der Waals surface area contributed by atoms with Crippen molar-refractivity contribution in [2.75, 3.05) is 13.2 Å². The number of aliphatic hydroxyl groups excluding tert-OH is 1. The van der Waals surface area contributed by atoms with Crippen molar-refractivity contribution in [2.24, 2.45) is 13.0 Å². The molecule has 0 saturated carbocycles. The van der Waals surface area contributed by atoms with Gasteiger partial charge in [-0.1, -0.05) is 20.8 Å². The van der Waals surface area contributed by atoms with Gasteiger partial charge in [0, 0.05) is 13.6 Å². The minimum Gasteiger partial charge on any atom is -0.395 e. The van der Waals surface area contributed by atoms with Crippen molar-refractivity contribution in [1.29, 1.82) is 0 Å². The molecule has 0 unspecified atom stereocenters. The molecule has 2 atom stereocenters. The second-order valence-corrected chi connectivity index (χ2v) is 7.87. The third kappa shape index (κ3) is 2.81. The maximum absolute atomic E-state index is 13.2. The number of aryl methyl sites for hydroxylation is 2. The fourth-order valence-electron chi connectivity index (χ4n) is 3.42. The third-order valence-corrected chi connectivity index (χ3v) is 6.73. The van der Waals surface area contributed by atoms with Crippen LogP contribution >= 0.6 is 0 Å². The molecule has 0 bridgehead atoms. The smallest absolute Gasteiger partial charge is 0.247 e. The molecular formula is C15H27N3O3S. The fourth-order valence-corrected chi connectivity index (χ4v) is 5.71. The zero-order chi connectivity index (χ0) is 16.5. The Balaban J connectivity index is 2.54. The van der Waals surface area contributed by atoms with Gasteiger partial charge in [0.05, 0.1) is 24.0 Å². The van der Waals surface area contributed by atoms with Gasteiger partial charge in [-0.2, -0.15) is 9.40 Å². The number of aliphatic hydroxyl groups is 1. The van der Waals surface area contributed by atoms with Crippen molar-refractivity contribution in [3.05, 3.63) is 11.4 Å². The van der Waals surface area contributed by atoms with Crippen LogP contribution in [-0.2, 0) is 29.9 Å². The highest BCUT2D eigenvalue weighted by atomic mass is 32.2. The lowest BCUT2D eigenvalue weighted by Crippen LogP contribution is -2.49. The summed E-state index contributed by atoms with van der Waals surface area (Å²) in [6, 6.07) is -0.339. The summed E-state index contributed by atoms with van der Waals surface area (Å²) in [5, 5.41) is 14.1. The molecule has 6 nitrogen and oxygen atoms in total. The zero-order valence-electron chi connectivity index (χ0n) is 13.9. The standard InChI is InChI=1S/C15H27N3O3S/c1-5-12-15(13(6-2)17(4)16-12)22(20,21)18-9-7-8-11(3)14(18)10-19/h11,14,19H,5-10H2,1-4H3/t11-,14-/m0/s1. The lowest BCUT2D eigenvalue weighted by molar-refractivity contribution is 0.113. The number of nitrogens with zero attached hydrogens (tertiary/aromatic N) is 3. The Morgan fingerprint density at radius 1 is 1.32 bits per heavy atom. The first-order valence-corrected chi connectivity index (χ1v) is 9.49. The average molecular weight is 329 g/mol. The van der Waals surface area contributed by atoms with E-state index < -0.39 is 10.0 Å². The van der Waals surface area contributed by atoms with Gasteiger partial charge in [-0.25, -0.2) is 8.42 Å². The molecule has 1 N–H and O–H groups in total. The van der Waals surface area contributed by atoms with Crippen molar-refractivity contribution < 1.29 is 13.5 Å². The summed E-state index contributed by atoms with van der Waals surface area (Å²) >= 11 is 0. The van der Waals surface area contributed by atoms with Gasteiger partial charge in [0.15, 0.2) is 0 Å². The Morgan fingerprint density at radius 3 is 2.55 bits per heavy atom. The monoisotopic (exact) mass is 329 g/mol. The van der Waals surface area contributed by atoms with E-state index in [0.717, 1.165) is 18.5 Å². The van der Waals surface area contributed by atoms with Crippen LogP contribution in [0.15, 0.2) is 4.90 Å². The van der Waals surface area contributed by atoms with Crippen LogP contribution in [0.25, 0.3) is 0 Å². The van der Waals surface area contributed by atoms with E-state index >= 15 is 0 Å². The largest absolute Gasteiger partial charge is 0.395 e. The number of aromatic nitrogens is 2. The Labute approximate surface area is 133 Å². The second-order valence-electron chi connectivity index (χ2n) is 6.04. The van der Waals surface area contributed by atoms with E-state index in [-0.39, 0.29) is 18.6 Å². The van der Waals surface area contributed by atoms with E-state index in [2.05, 4.69) is 5.10 Å². The van der Waals surface area contributed by atoms with Crippen LogP contribution in [0.2, 0.25) is 0 Å². The van der Waals surface area contributed by atoms with Crippen molar-refractivity contribution >= 4 is 10.0 Å². The molecule has 7 heteroatoms. The van der Waals surface area contributed by atoms with Crippen molar-refractivity contribution in [3.63, 3.8) is 0 Å². The average Bonchev–Trinajstić information content (AvgIpc) is 2.83. The van der Waals surface area contributed by atoms with Crippen LogP contribution in [0, 0.1) is 5.92 Å². The molecule has 1 aliphatic heterocycles. The van der Waals surface area contributed by atoms with E-state index in [1.165, 1.54) is 4.31 Å². The van der Waals surface area contributed by atoms with Crippen LogP contribution in [0.4, 0.5) is 0 Å². The first kappa shape index (κ1) is 17.4. The number of rotatable bonds is 5. The van der Waals surface area contributed by atoms with Gasteiger partial charge in [-0.15, -0.1) is 0 Å². The van der Waals surface area contributed by atoms with Gasteiger partial charge in [0.1, 0.15) is 4.90 Å². The summed E-state index contributed by atoms with van der Waals surface area (Å²) in [7, 11) is -1.84. The van der Waals surface area contributed by atoms with Crippen molar-refractivity contribution in [1.82, 2.24) is 14.1 Å². The van der Waals surface area contributed by atoms with Gasteiger partial charge in [0.25, 0.3) is 0 Å². The van der Waals surface area contributed by atoms with E-state index in [1.54, 1.807) is 11.7 Å². The first-order chi connectivity index (χ1) is 10.4. The summed E-state index contributed by atoms with van der Waals surface area (Å²) in [4.78, 5) is 0.354. The summed E-state index contributed by atoms with van der Waals surface area (Å²) in [6.45, 7) is 6.21. The molecule has 2 heterocycles. The summed E-state index contributed by atoms with van der Waals surface area (Å²) in [6.07, 6.45) is 2.98. The van der Waals surface area contributed by atoms with Crippen LogP contribution in [0.1, 0.15) is 45.0 Å². The number of hydrogen-bond donors (Lipinski definition) is 1. The molecule has 1 aromatic heterocycles. The van der Waals surface area contributed by atoms with Crippen LogP contribution in [0.3, 0.4) is 0 Å². The van der Waals surface area contributed by atoms with E-state index in [0.29, 0.717) is 30.0 Å². The van der Waals surface area contributed by atoms with E-state index in [9.17, 15) is 13.5 Å². The molecule has 1 aromatic rings. The quantitative estimate of drug-likeness (QED) is 0.884. The summed E-state index contributed by atoms with van der Waals surface area (Å²) in [5.74, 6) is 0.167. The molecule has 2 rings (SSSR count). The predicted octanol–water partition coefficient (Wildman–Crippen LogP) is 1.33. The number of hydrogen-bond acceptors (Lipinski definition) is 4. The fraction of sp³-hybridized carbons (Fsp3) is 0.800. The molecule has 0 aliphatic carbocycles. The van der Waals surface area contributed by atoms with Crippen molar-refractivity contribution in [2.45, 2.75) is 57.4 Å². The van der Waals surface area contributed by atoms with Gasteiger partial charge < -0.3 is 5.11 Å².